The van der Waals surface area contributed by atoms with Gasteiger partial charge < -0.3 is 15.0 Å². The normalized spacial score (nSPS) is 11.2. The Labute approximate surface area is 182 Å². The van der Waals surface area contributed by atoms with Crippen LogP contribution in [-0.2, 0) is 19.4 Å². The molecule has 0 aliphatic rings. The third-order valence-corrected chi connectivity index (χ3v) is 5.64. The fourth-order valence-corrected chi connectivity index (χ4v) is 4.01. The molecule has 0 aliphatic heterocycles. The molecule has 4 nitrogen and oxygen atoms in total. The van der Waals surface area contributed by atoms with Gasteiger partial charge in [-0.2, -0.15) is 0 Å². The van der Waals surface area contributed by atoms with Crippen LogP contribution < -0.4 is 10.1 Å². The van der Waals surface area contributed by atoms with E-state index in [1.807, 2.05) is 18.2 Å². The summed E-state index contributed by atoms with van der Waals surface area (Å²) >= 11 is 6.62. The zero-order valence-electron chi connectivity index (χ0n) is 17.3. The Morgan fingerprint density at radius 1 is 1.03 bits per heavy atom. The largest absolute Gasteiger partial charge is 0.497 e. The number of hydrogen-bond acceptors (Lipinski definition) is 3. The minimum atomic E-state index is 0.767. The lowest BCUT2D eigenvalue weighted by Crippen LogP contribution is -2.17. The van der Waals surface area contributed by atoms with Crippen LogP contribution in [-0.4, -0.2) is 23.6 Å². The Bertz CT molecular complexity index is 1150. The lowest BCUT2D eigenvalue weighted by Gasteiger charge is -2.11. The summed E-state index contributed by atoms with van der Waals surface area (Å²) in [4.78, 5) is 8.00. The highest BCUT2D eigenvalue weighted by atomic mass is 35.5. The van der Waals surface area contributed by atoms with Gasteiger partial charge in [0, 0.05) is 36.2 Å². The van der Waals surface area contributed by atoms with Gasteiger partial charge in [-0.05, 0) is 41.3 Å². The smallest absolute Gasteiger partial charge is 0.121 e. The maximum atomic E-state index is 6.62. The number of nitrogens with one attached hydrogen (secondary N) is 2. The van der Waals surface area contributed by atoms with Gasteiger partial charge in [0.05, 0.1) is 18.1 Å². The number of imidazole rings is 1. The Balaban J connectivity index is 1.36. The van der Waals surface area contributed by atoms with E-state index in [2.05, 4.69) is 64.7 Å². The molecule has 1 aromatic heterocycles. The maximum Gasteiger partial charge on any atom is 0.121 e. The molecule has 4 aromatic rings. The highest BCUT2D eigenvalue weighted by Crippen LogP contribution is 2.31. The number of aryl methyl sites for hydroxylation is 1. The number of fused-ring (bicyclic) bond motifs is 1. The summed E-state index contributed by atoms with van der Waals surface area (Å²) in [6, 6.07) is 20.6. The van der Waals surface area contributed by atoms with Crippen molar-refractivity contribution in [2.45, 2.75) is 26.3 Å². The molecule has 0 saturated heterocycles. The Hall–Kier alpha value is -2.82. The summed E-state index contributed by atoms with van der Waals surface area (Å²) in [5, 5.41) is 4.28. The molecular formula is C25H26ClN3O. The first-order valence-corrected chi connectivity index (χ1v) is 10.7. The molecule has 4 rings (SSSR count). The van der Waals surface area contributed by atoms with E-state index in [0.29, 0.717) is 0 Å². The van der Waals surface area contributed by atoms with Crippen molar-refractivity contribution >= 4 is 22.6 Å². The number of rotatable bonds is 8. The zero-order chi connectivity index (χ0) is 20.9. The number of ether oxygens (including phenoxy) is 1. The van der Waals surface area contributed by atoms with Crippen molar-refractivity contribution < 1.29 is 4.74 Å². The summed E-state index contributed by atoms with van der Waals surface area (Å²) in [6.07, 6.45) is 1.82. The fourth-order valence-electron chi connectivity index (χ4n) is 3.70. The van der Waals surface area contributed by atoms with Crippen LogP contribution in [0.1, 0.15) is 23.9 Å². The van der Waals surface area contributed by atoms with Crippen molar-refractivity contribution in [1.29, 1.82) is 0 Å². The van der Waals surface area contributed by atoms with E-state index in [9.17, 15) is 0 Å². The van der Waals surface area contributed by atoms with Crippen LogP contribution in [0.15, 0.2) is 60.7 Å². The highest BCUT2D eigenvalue weighted by molar-refractivity contribution is 6.33. The minimum Gasteiger partial charge on any atom is -0.497 e. The fraction of sp³-hybridized carbons (Fsp3) is 0.240. The van der Waals surface area contributed by atoms with Crippen molar-refractivity contribution in [3.63, 3.8) is 0 Å². The molecule has 0 atom stereocenters. The van der Waals surface area contributed by atoms with Gasteiger partial charge in [-0.25, -0.2) is 4.98 Å². The van der Waals surface area contributed by atoms with Crippen LogP contribution in [0.3, 0.4) is 0 Å². The van der Waals surface area contributed by atoms with Crippen LogP contribution >= 0.6 is 11.6 Å². The van der Waals surface area contributed by atoms with Gasteiger partial charge >= 0.3 is 0 Å². The molecular weight excluding hydrogens is 394 g/mol. The van der Waals surface area contributed by atoms with Gasteiger partial charge in [0.25, 0.3) is 0 Å². The summed E-state index contributed by atoms with van der Waals surface area (Å²) in [5.41, 5.74) is 6.75. The van der Waals surface area contributed by atoms with Gasteiger partial charge in [-0.3, -0.25) is 0 Å². The average molecular weight is 420 g/mol. The number of halogens is 1. The SMILES string of the molecule is CCc1ccccc1-c1ccc(CNCCc2nc3ccc(OC)cc3[nH]2)cc1Cl. The van der Waals surface area contributed by atoms with E-state index >= 15 is 0 Å². The molecule has 0 fully saturated rings. The molecule has 3 aromatic carbocycles. The quantitative estimate of drug-likeness (QED) is 0.355. The molecule has 5 heteroatoms. The standard InChI is InChI=1S/C25H26ClN3O/c1-3-18-6-4-5-7-20(18)21-10-8-17(14-22(21)26)16-27-13-12-25-28-23-11-9-19(30-2)15-24(23)29-25/h4-11,14-15,27H,3,12-13,16H2,1-2H3,(H,28,29). The number of methoxy groups -OCH3 is 1. The van der Waals surface area contributed by atoms with Crippen molar-refractivity contribution in [2.75, 3.05) is 13.7 Å². The molecule has 0 saturated carbocycles. The molecule has 2 N–H and O–H groups in total. The first kappa shape index (κ1) is 20.5. The predicted molar refractivity (Wildman–Crippen MR) is 124 cm³/mol. The average Bonchev–Trinajstić information content (AvgIpc) is 3.18. The van der Waals surface area contributed by atoms with E-state index in [4.69, 9.17) is 16.3 Å². The van der Waals surface area contributed by atoms with Crippen LogP contribution in [0.2, 0.25) is 5.02 Å². The molecule has 0 bridgehead atoms. The Morgan fingerprint density at radius 3 is 2.70 bits per heavy atom. The third kappa shape index (κ3) is 4.50. The first-order valence-electron chi connectivity index (χ1n) is 10.3. The van der Waals surface area contributed by atoms with Crippen LogP contribution in [0.4, 0.5) is 0 Å². The molecule has 0 aliphatic carbocycles. The van der Waals surface area contributed by atoms with Crippen LogP contribution in [0, 0.1) is 0 Å². The van der Waals surface area contributed by atoms with E-state index in [1.165, 1.54) is 16.7 Å². The highest BCUT2D eigenvalue weighted by Gasteiger charge is 2.09. The molecule has 0 amide bonds. The first-order chi connectivity index (χ1) is 14.7. The number of H-pyrrole nitrogens is 1. The van der Waals surface area contributed by atoms with E-state index in [1.54, 1.807) is 7.11 Å². The van der Waals surface area contributed by atoms with E-state index in [-0.39, 0.29) is 0 Å². The Morgan fingerprint density at radius 2 is 1.90 bits per heavy atom. The molecule has 1 heterocycles. The maximum absolute atomic E-state index is 6.62. The monoisotopic (exact) mass is 419 g/mol. The number of aromatic nitrogens is 2. The molecule has 0 spiro atoms. The van der Waals surface area contributed by atoms with Crippen LogP contribution in [0.25, 0.3) is 22.2 Å². The second kappa shape index (κ2) is 9.33. The predicted octanol–water partition coefficient (Wildman–Crippen LogP) is 5.79. The van der Waals surface area contributed by atoms with E-state index < -0.39 is 0 Å². The Kier molecular flexibility index (Phi) is 6.36. The zero-order valence-corrected chi connectivity index (χ0v) is 18.1. The van der Waals surface area contributed by atoms with Gasteiger partial charge in [0.2, 0.25) is 0 Å². The summed E-state index contributed by atoms with van der Waals surface area (Å²) in [7, 11) is 1.67. The van der Waals surface area contributed by atoms with Gasteiger partial charge in [-0.15, -0.1) is 0 Å². The molecule has 154 valence electrons. The second-order valence-corrected chi connectivity index (χ2v) is 7.73. The van der Waals surface area contributed by atoms with Crippen molar-refractivity contribution in [1.82, 2.24) is 15.3 Å². The summed E-state index contributed by atoms with van der Waals surface area (Å²) in [6.45, 7) is 3.77. The third-order valence-electron chi connectivity index (χ3n) is 5.33. The van der Waals surface area contributed by atoms with Gasteiger partial charge in [0.1, 0.15) is 11.6 Å². The lowest BCUT2D eigenvalue weighted by atomic mass is 9.97. The van der Waals surface area contributed by atoms with Crippen LogP contribution in [0.5, 0.6) is 5.75 Å². The molecule has 0 unspecified atom stereocenters. The lowest BCUT2D eigenvalue weighted by molar-refractivity contribution is 0.415. The molecule has 30 heavy (non-hydrogen) atoms. The minimum absolute atomic E-state index is 0.767. The topological polar surface area (TPSA) is 49.9 Å². The summed E-state index contributed by atoms with van der Waals surface area (Å²) in [5.74, 6) is 1.80. The number of nitrogens with zero attached hydrogens (tertiary/aromatic N) is 1. The second-order valence-electron chi connectivity index (χ2n) is 7.32. The molecule has 0 radical (unpaired) electrons. The van der Waals surface area contributed by atoms with Gasteiger partial charge in [0.15, 0.2) is 0 Å². The number of hydrogen-bond donors (Lipinski definition) is 2. The van der Waals surface area contributed by atoms with Gasteiger partial charge in [-0.1, -0.05) is 54.9 Å². The van der Waals surface area contributed by atoms with Crippen molar-refractivity contribution in [3.05, 3.63) is 82.6 Å². The van der Waals surface area contributed by atoms with Crippen molar-refractivity contribution in [3.8, 4) is 16.9 Å². The number of benzene rings is 3. The number of aromatic amines is 1. The van der Waals surface area contributed by atoms with Crippen molar-refractivity contribution in [2.24, 2.45) is 0 Å². The van der Waals surface area contributed by atoms with E-state index in [0.717, 1.165) is 59.1 Å². The summed E-state index contributed by atoms with van der Waals surface area (Å²) < 4.78 is 5.27.